The van der Waals surface area contributed by atoms with Crippen LogP contribution in [0.2, 0.25) is 0 Å². The van der Waals surface area contributed by atoms with Gasteiger partial charge in [-0.05, 0) is 54.9 Å². The van der Waals surface area contributed by atoms with Crippen LogP contribution in [0.15, 0.2) is 46.2 Å². The van der Waals surface area contributed by atoms with Crippen molar-refractivity contribution in [2.75, 3.05) is 0 Å². The van der Waals surface area contributed by atoms with E-state index >= 15 is 0 Å². The van der Waals surface area contributed by atoms with Crippen LogP contribution in [0.25, 0.3) is 31.6 Å². The maximum absolute atomic E-state index is 9.24. The predicted octanol–water partition coefficient (Wildman–Crippen LogP) is 5.37. The van der Waals surface area contributed by atoms with E-state index in [0.29, 0.717) is 5.22 Å². The highest BCUT2D eigenvalue weighted by Crippen LogP contribution is 2.49. The Balaban J connectivity index is 2.09. The number of rotatable bonds is 1. The number of hydrogen-bond acceptors (Lipinski definition) is 4. The van der Waals surface area contributed by atoms with Crippen LogP contribution in [-0.4, -0.2) is 4.57 Å². The Morgan fingerprint density at radius 1 is 0.893 bits per heavy atom. The normalized spacial score (nSPS) is 14.2. The molecule has 3 aromatic rings. The van der Waals surface area contributed by atoms with E-state index in [2.05, 4.69) is 50.5 Å². The van der Waals surface area contributed by atoms with Crippen LogP contribution in [0, 0.1) is 22.7 Å². The van der Waals surface area contributed by atoms with Crippen LogP contribution < -0.4 is 10.4 Å². The molecule has 0 atom stereocenters. The summed E-state index contributed by atoms with van der Waals surface area (Å²) in [6.45, 7) is 8.67. The van der Waals surface area contributed by atoms with Crippen LogP contribution in [0.4, 0.5) is 0 Å². The fraction of sp³-hybridized carbons (Fsp3) is 0.217. The lowest BCUT2D eigenvalue weighted by atomic mass is 10.1. The highest BCUT2D eigenvalue weighted by Gasteiger charge is 2.17. The number of benzene rings is 2. The number of nitriles is 2. The second kappa shape index (κ2) is 7.09. The number of allylic oxidation sites excluding steroid dienone is 2. The first-order chi connectivity index (χ1) is 13.4. The van der Waals surface area contributed by atoms with Crippen molar-refractivity contribution < 1.29 is 0 Å². The third-order valence-electron chi connectivity index (χ3n) is 5.06. The molecule has 28 heavy (non-hydrogen) atoms. The first-order valence-corrected chi connectivity index (χ1v) is 10.7. The summed E-state index contributed by atoms with van der Waals surface area (Å²) in [4.78, 5) is 2.73. The Labute approximate surface area is 172 Å². The molecule has 1 aliphatic rings. The monoisotopic (exact) mass is 401 g/mol. The molecule has 0 N–H and O–H groups in total. The summed E-state index contributed by atoms with van der Waals surface area (Å²) < 4.78 is 3.63. The first kappa shape index (κ1) is 18.7. The van der Waals surface area contributed by atoms with Crippen molar-refractivity contribution in [2.24, 2.45) is 0 Å². The number of nitrogens with zero attached hydrogens (tertiary/aromatic N) is 3. The summed E-state index contributed by atoms with van der Waals surface area (Å²) in [5.74, 6) is 0. The Hall–Kier alpha value is -2.60. The minimum atomic E-state index is 0.148. The molecular formula is C23H19N3S2. The molecule has 0 fully saturated rings. The van der Waals surface area contributed by atoms with E-state index in [1.165, 1.54) is 30.2 Å². The van der Waals surface area contributed by atoms with E-state index in [-0.39, 0.29) is 11.6 Å². The van der Waals surface area contributed by atoms with Gasteiger partial charge in [-0.2, -0.15) is 10.5 Å². The van der Waals surface area contributed by atoms with E-state index in [9.17, 15) is 10.5 Å². The molecule has 0 amide bonds. The molecule has 1 aromatic heterocycles. The van der Waals surface area contributed by atoms with Crippen molar-refractivity contribution in [3.8, 4) is 12.1 Å². The Morgan fingerprint density at radius 3 is 2.04 bits per heavy atom. The first-order valence-electron chi connectivity index (χ1n) is 9.10. The quantitative estimate of drug-likeness (QED) is 0.550. The summed E-state index contributed by atoms with van der Waals surface area (Å²) in [6.07, 6.45) is 0. The third-order valence-corrected chi connectivity index (χ3v) is 7.75. The van der Waals surface area contributed by atoms with Gasteiger partial charge in [-0.15, -0.1) is 0 Å². The van der Waals surface area contributed by atoms with Gasteiger partial charge in [-0.3, -0.25) is 0 Å². The minimum Gasteiger partial charge on any atom is -0.338 e. The van der Waals surface area contributed by atoms with Crippen LogP contribution in [0.5, 0.6) is 0 Å². The second-order valence-electron chi connectivity index (χ2n) is 7.13. The lowest BCUT2D eigenvalue weighted by Crippen LogP contribution is -2.07. The largest absolute Gasteiger partial charge is 0.338 e. The average molecular weight is 402 g/mol. The standard InChI is InChI=1S/C23H19N3S2/c1-13(2)26-21-9-16(18(11-24)12-25)5-7-19(21)20-8-6-17(10-22(20)26)23-27-14(3)15(4)28-23/h5-10,13H,1-4H3. The maximum atomic E-state index is 9.24. The SMILES string of the molecule is CC1=C(C)SC(=c2ccc3c4ccc(=C(C#N)C#N)cc4n(C(C)C)c3c2)S1. The Kier molecular flexibility index (Phi) is 4.75. The lowest BCUT2D eigenvalue weighted by molar-refractivity contribution is 0.642. The summed E-state index contributed by atoms with van der Waals surface area (Å²) in [7, 11) is 0. The number of aromatic nitrogens is 1. The molecule has 2 aromatic carbocycles. The van der Waals surface area contributed by atoms with E-state index in [1.54, 1.807) is 0 Å². The van der Waals surface area contributed by atoms with Crippen molar-refractivity contribution in [1.29, 1.82) is 10.5 Å². The third kappa shape index (κ3) is 2.92. The van der Waals surface area contributed by atoms with Crippen molar-refractivity contribution in [1.82, 2.24) is 4.57 Å². The molecule has 0 saturated carbocycles. The van der Waals surface area contributed by atoms with Gasteiger partial charge >= 0.3 is 0 Å². The van der Waals surface area contributed by atoms with Gasteiger partial charge in [0, 0.05) is 27.5 Å². The lowest BCUT2D eigenvalue weighted by Gasteiger charge is -2.11. The van der Waals surface area contributed by atoms with E-state index in [4.69, 9.17) is 0 Å². The van der Waals surface area contributed by atoms with Gasteiger partial charge in [0.25, 0.3) is 0 Å². The topological polar surface area (TPSA) is 52.5 Å². The zero-order chi connectivity index (χ0) is 20.0. The molecule has 2 heterocycles. The van der Waals surface area contributed by atoms with Crippen molar-refractivity contribution in [3.05, 3.63) is 56.6 Å². The van der Waals surface area contributed by atoms with Crippen molar-refractivity contribution in [3.63, 3.8) is 0 Å². The molecule has 0 aliphatic carbocycles. The maximum Gasteiger partial charge on any atom is 0.136 e. The molecule has 0 unspecified atom stereocenters. The van der Waals surface area contributed by atoms with E-state index in [1.807, 2.05) is 53.9 Å². The molecule has 3 nitrogen and oxygen atoms in total. The zero-order valence-electron chi connectivity index (χ0n) is 16.2. The van der Waals surface area contributed by atoms with Gasteiger partial charge < -0.3 is 4.57 Å². The Bertz CT molecular complexity index is 1340. The second-order valence-corrected chi connectivity index (χ2v) is 9.84. The molecule has 0 bridgehead atoms. The van der Waals surface area contributed by atoms with Gasteiger partial charge in [0.1, 0.15) is 17.7 Å². The smallest absolute Gasteiger partial charge is 0.136 e. The zero-order valence-corrected chi connectivity index (χ0v) is 17.8. The fourth-order valence-electron chi connectivity index (χ4n) is 3.60. The highest BCUT2D eigenvalue weighted by atomic mass is 32.2. The van der Waals surface area contributed by atoms with Gasteiger partial charge in [-0.25, -0.2) is 0 Å². The summed E-state index contributed by atoms with van der Waals surface area (Å²) in [6, 6.07) is 16.8. The number of hydrogen-bond donors (Lipinski definition) is 0. The summed E-state index contributed by atoms with van der Waals surface area (Å²) >= 11 is 3.69. The molecule has 0 radical (unpaired) electrons. The van der Waals surface area contributed by atoms with Gasteiger partial charge in [0.05, 0.1) is 9.75 Å². The fourth-order valence-corrected chi connectivity index (χ4v) is 6.10. The van der Waals surface area contributed by atoms with Crippen LogP contribution in [0.1, 0.15) is 33.7 Å². The van der Waals surface area contributed by atoms with E-state index < -0.39 is 0 Å². The Morgan fingerprint density at radius 2 is 1.46 bits per heavy atom. The summed E-state index contributed by atoms with van der Waals surface area (Å²) in [5.41, 5.74) is 2.39. The van der Waals surface area contributed by atoms with Crippen LogP contribution in [-0.2, 0) is 0 Å². The van der Waals surface area contributed by atoms with E-state index in [0.717, 1.165) is 10.9 Å². The number of thioether (sulfide) groups is 2. The van der Waals surface area contributed by atoms with Crippen LogP contribution in [0.3, 0.4) is 0 Å². The molecular weight excluding hydrogens is 382 g/mol. The minimum absolute atomic E-state index is 0.148. The molecule has 0 spiro atoms. The van der Waals surface area contributed by atoms with Crippen molar-refractivity contribution in [2.45, 2.75) is 33.7 Å². The summed E-state index contributed by atoms with van der Waals surface area (Å²) in [5, 5.41) is 22.7. The molecule has 138 valence electrons. The molecule has 0 saturated heterocycles. The van der Waals surface area contributed by atoms with Crippen LogP contribution >= 0.6 is 23.5 Å². The van der Waals surface area contributed by atoms with Gasteiger partial charge in [-0.1, -0.05) is 47.8 Å². The highest BCUT2D eigenvalue weighted by molar-refractivity contribution is 8.35. The molecule has 4 rings (SSSR count). The number of fused-ring (bicyclic) bond motifs is 3. The molecule has 1 aliphatic heterocycles. The predicted molar refractivity (Wildman–Crippen MR) is 121 cm³/mol. The van der Waals surface area contributed by atoms with Gasteiger partial charge in [0.2, 0.25) is 0 Å². The molecule has 5 heteroatoms. The van der Waals surface area contributed by atoms with Crippen molar-refractivity contribution >= 4 is 55.1 Å². The average Bonchev–Trinajstić information content (AvgIpc) is 3.19. The van der Waals surface area contributed by atoms with Gasteiger partial charge in [0.15, 0.2) is 0 Å².